The topological polar surface area (TPSA) is 26.3 Å². The van der Waals surface area contributed by atoms with Gasteiger partial charge in [-0.2, -0.15) is 11.3 Å². The average molecular weight is 264 g/mol. The number of hydrogen-bond acceptors (Lipinski definition) is 3. The molecule has 2 fully saturated rings. The summed E-state index contributed by atoms with van der Waals surface area (Å²) in [7, 11) is 0. The van der Waals surface area contributed by atoms with Crippen molar-refractivity contribution in [1.29, 1.82) is 0 Å². The Labute approximate surface area is 112 Å². The van der Waals surface area contributed by atoms with Crippen LogP contribution in [-0.4, -0.2) is 12.1 Å². The molecule has 0 spiro atoms. The van der Waals surface area contributed by atoms with Gasteiger partial charge in [-0.05, 0) is 42.0 Å². The molecular formula is C15H20O2S. The third-order valence-electron chi connectivity index (χ3n) is 5.72. The van der Waals surface area contributed by atoms with Crippen molar-refractivity contribution in [2.75, 3.05) is 0 Å². The van der Waals surface area contributed by atoms with E-state index in [2.05, 4.69) is 20.8 Å². The predicted octanol–water partition coefficient (Wildman–Crippen LogP) is 4.12. The lowest BCUT2D eigenvalue weighted by Gasteiger charge is -2.38. The van der Waals surface area contributed by atoms with Crippen LogP contribution in [0.2, 0.25) is 0 Å². The Balaban J connectivity index is 1.78. The summed E-state index contributed by atoms with van der Waals surface area (Å²) < 4.78 is 5.80. The Hall–Kier alpha value is -0.830. The molecule has 3 unspecified atom stereocenters. The highest BCUT2D eigenvalue weighted by molar-refractivity contribution is 7.08. The highest BCUT2D eigenvalue weighted by atomic mass is 32.1. The van der Waals surface area contributed by atoms with Gasteiger partial charge in [0, 0.05) is 10.8 Å². The number of carbonyl (C=O) groups is 1. The molecule has 0 aromatic carbocycles. The molecule has 0 amide bonds. The third kappa shape index (κ3) is 1.49. The molecule has 2 bridgehead atoms. The summed E-state index contributed by atoms with van der Waals surface area (Å²) in [5, 5.41) is 3.78. The van der Waals surface area contributed by atoms with Gasteiger partial charge in [0.05, 0.1) is 5.56 Å². The predicted molar refractivity (Wildman–Crippen MR) is 72.8 cm³/mol. The summed E-state index contributed by atoms with van der Waals surface area (Å²) in [5.41, 5.74) is 1.15. The molecule has 98 valence electrons. The van der Waals surface area contributed by atoms with Gasteiger partial charge >= 0.3 is 5.97 Å². The lowest BCUT2D eigenvalue weighted by molar-refractivity contribution is -0.0242. The van der Waals surface area contributed by atoms with Crippen LogP contribution in [0.25, 0.3) is 0 Å². The molecule has 3 rings (SSSR count). The zero-order valence-electron chi connectivity index (χ0n) is 11.2. The lowest BCUT2D eigenvalue weighted by Crippen LogP contribution is -2.38. The first kappa shape index (κ1) is 12.2. The SMILES string of the molecule is CC1(C)C2CCC1(C)C(OC(=O)c1ccsc1)C2. The first-order valence-electron chi connectivity index (χ1n) is 6.68. The van der Waals surface area contributed by atoms with E-state index in [-0.39, 0.29) is 17.5 Å². The lowest BCUT2D eigenvalue weighted by atomic mass is 9.70. The van der Waals surface area contributed by atoms with E-state index < -0.39 is 0 Å². The van der Waals surface area contributed by atoms with Crippen molar-refractivity contribution in [3.05, 3.63) is 22.4 Å². The molecule has 2 saturated carbocycles. The molecular weight excluding hydrogens is 244 g/mol. The maximum Gasteiger partial charge on any atom is 0.339 e. The van der Waals surface area contributed by atoms with Gasteiger partial charge in [-0.25, -0.2) is 4.79 Å². The Morgan fingerprint density at radius 1 is 1.44 bits per heavy atom. The van der Waals surface area contributed by atoms with E-state index in [0.717, 1.165) is 6.42 Å². The summed E-state index contributed by atoms with van der Waals surface area (Å²) >= 11 is 1.54. The smallest absolute Gasteiger partial charge is 0.339 e. The third-order valence-corrected chi connectivity index (χ3v) is 6.40. The van der Waals surface area contributed by atoms with E-state index >= 15 is 0 Å². The standard InChI is InChI=1S/C15H20O2S/c1-14(2)11-4-6-15(14,3)12(8-11)17-13(16)10-5-7-18-9-10/h5,7,9,11-12H,4,6,8H2,1-3H3. The minimum absolute atomic E-state index is 0.0960. The fraction of sp³-hybridized carbons (Fsp3) is 0.667. The molecule has 2 aliphatic rings. The molecule has 1 heterocycles. The van der Waals surface area contributed by atoms with E-state index in [9.17, 15) is 4.79 Å². The van der Waals surface area contributed by atoms with E-state index in [1.807, 2.05) is 16.8 Å². The summed E-state index contributed by atoms with van der Waals surface area (Å²) in [6, 6.07) is 1.84. The number of carbonyl (C=O) groups excluding carboxylic acids is 1. The van der Waals surface area contributed by atoms with Gasteiger partial charge in [-0.1, -0.05) is 20.8 Å². The second-order valence-electron chi connectivity index (χ2n) is 6.52. The summed E-state index contributed by atoms with van der Waals surface area (Å²) in [6.45, 7) is 6.97. The number of rotatable bonds is 2. The van der Waals surface area contributed by atoms with Crippen molar-refractivity contribution in [3.63, 3.8) is 0 Å². The van der Waals surface area contributed by atoms with Gasteiger partial charge < -0.3 is 4.74 Å². The van der Waals surface area contributed by atoms with Crippen molar-refractivity contribution in [3.8, 4) is 0 Å². The van der Waals surface area contributed by atoms with E-state index in [1.54, 1.807) is 0 Å². The molecule has 0 N–H and O–H groups in total. The number of esters is 1. The average Bonchev–Trinajstić information content (AvgIpc) is 2.95. The minimum Gasteiger partial charge on any atom is -0.458 e. The highest BCUT2D eigenvalue weighted by Crippen LogP contribution is 2.66. The van der Waals surface area contributed by atoms with Crippen LogP contribution < -0.4 is 0 Å². The number of ether oxygens (including phenoxy) is 1. The van der Waals surface area contributed by atoms with E-state index in [4.69, 9.17) is 4.74 Å². The monoisotopic (exact) mass is 264 g/mol. The van der Waals surface area contributed by atoms with Crippen LogP contribution in [0.15, 0.2) is 16.8 Å². The van der Waals surface area contributed by atoms with E-state index in [1.165, 1.54) is 24.2 Å². The molecule has 18 heavy (non-hydrogen) atoms. The minimum atomic E-state index is -0.147. The van der Waals surface area contributed by atoms with Gasteiger partial charge in [0.25, 0.3) is 0 Å². The van der Waals surface area contributed by atoms with Gasteiger partial charge in [0.1, 0.15) is 6.10 Å². The fourth-order valence-electron chi connectivity index (χ4n) is 3.89. The van der Waals surface area contributed by atoms with Crippen LogP contribution in [0.3, 0.4) is 0 Å². The van der Waals surface area contributed by atoms with Gasteiger partial charge in [0.2, 0.25) is 0 Å². The fourth-order valence-corrected chi connectivity index (χ4v) is 4.51. The van der Waals surface area contributed by atoms with Crippen LogP contribution in [0.5, 0.6) is 0 Å². The number of fused-ring (bicyclic) bond motifs is 2. The summed E-state index contributed by atoms with van der Waals surface area (Å²) in [4.78, 5) is 12.1. The second kappa shape index (κ2) is 3.83. The molecule has 2 aliphatic carbocycles. The van der Waals surface area contributed by atoms with Crippen molar-refractivity contribution >= 4 is 17.3 Å². The zero-order chi connectivity index (χ0) is 13.0. The molecule has 1 aromatic rings. The molecule has 2 nitrogen and oxygen atoms in total. The molecule has 0 radical (unpaired) electrons. The van der Waals surface area contributed by atoms with Crippen molar-refractivity contribution < 1.29 is 9.53 Å². The van der Waals surface area contributed by atoms with E-state index in [0.29, 0.717) is 16.9 Å². The maximum absolute atomic E-state index is 12.1. The maximum atomic E-state index is 12.1. The summed E-state index contributed by atoms with van der Waals surface area (Å²) in [5.74, 6) is 0.564. The molecule has 3 heteroatoms. The Bertz CT molecular complexity index is 463. The van der Waals surface area contributed by atoms with Gasteiger partial charge in [0.15, 0.2) is 0 Å². The van der Waals surface area contributed by atoms with Crippen molar-refractivity contribution in [1.82, 2.24) is 0 Å². The van der Waals surface area contributed by atoms with Crippen molar-refractivity contribution in [2.24, 2.45) is 16.7 Å². The van der Waals surface area contributed by atoms with Crippen LogP contribution in [0.1, 0.15) is 50.4 Å². The molecule has 1 aromatic heterocycles. The van der Waals surface area contributed by atoms with Crippen LogP contribution in [0.4, 0.5) is 0 Å². The first-order chi connectivity index (χ1) is 8.45. The second-order valence-corrected chi connectivity index (χ2v) is 7.30. The first-order valence-corrected chi connectivity index (χ1v) is 7.62. The quantitative estimate of drug-likeness (QED) is 0.751. The Kier molecular flexibility index (Phi) is 2.60. The summed E-state index contributed by atoms with van der Waals surface area (Å²) in [6.07, 6.45) is 3.61. The molecule has 3 atom stereocenters. The van der Waals surface area contributed by atoms with Crippen LogP contribution >= 0.6 is 11.3 Å². The zero-order valence-corrected chi connectivity index (χ0v) is 12.0. The number of hydrogen-bond donors (Lipinski definition) is 0. The number of thiophene rings is 1. The highest BCUT2D eigenvalue weighted by Gasteiger charge is 2.62. The van der Waals surface area contributed by atoms with Crippen molar-refractivity contribution in [2.45, 2.75) is 46.1 Å². The molecule has 0 saturated heterocycles. The van der Waals surface area contributed by atoms with Gasteiger partial charge in [-0.15, -0.1) is 0 Å². The Morgan fingerprint density at radius 2 is 2.22 bits per heavy atom. The van der Waals surface area contributed by atoms with Crippen LogP contribution in [-0.2, 0) is 4.74 Å². The Morgan fingerprint density at radius 3 is 2.72 bits per heavy atom. The largest absolute Gasteiger partial charge is 0.458 e. The van der Waals surface area contributed by atoms with Crippen LogP contribution in [0, 0.1) is 16.7 Å². The normalized spacial score (nSPS) is 36.8. The molecule has 0 aliphatic heterocycles. The van der Waals surface area contributed by atoms with Gasteiger partial charge in [-0.3, -0.25) is 0 Å².